The van der Waals surface area contributed by atoms with E-state index in [0.717, 1.165) is 6.42 Å². The Bertz CT molecular complexity index is 267. The van der Waals surface area contributed by atoms with E-state index in [1.807, 2.05) is 0 Å². The van der Waals surface area contributed by atoms with Crippen molar-refractivity contribution in [3.05, 3.63) is 0 Å². The summed E-state index contributed by atoms with van der Waals surface area (Å²) in [5.74, 6) is 0.686. The van der Waals surface area contributed by atoms with E-state index < -0.39 is 0 Å². The molecule has 1 saturated carbocycles. The van der Waals surface area contributed by atoms with E-state index in [4.69, 9.17) is 11.5 Å². The number of guanidine groups is 1. The van der Waals surface area contributed by atoms with E-state index in [1.165, 1.54) is 57.1 Å². The first-order valence-corrected chi connectivity index (χ1v) is 6.89. The van der Waals surface area contributed by atoms with Crippen molar-refractivity contribution in [2.45, 2.75) is 64.7 Å². The van der Waals surface area contributed by atoms with Gasteiger partial charge in [0.05, 0.1) is 0 Å². The van der Waals surface area contributed by atoms with Crippen LogP contribution in [-0.4, -0.2) is 11.7 Å². The van der Waals surface area contributed by atoms with Gasteiger partial charge in [-0.2, -0.15) is 5.10 Å². The summed E-state index contributed by atoms with van der Waals surface area (Å²) in [5.41, 5.74) is 11.8. The summed E-state index contributed by atoms with van der Waals surface area (Å²) in [6.45, 7) is 2.25. The average Bonchev–Trinajstić information content (AvgIpc) is 2.73. The number of hydrogen-bond donors (Lipinski definition) is 2. The standard InChI is InChI=1S/C13H26N4/c1-2-3-4-5-6-8-11-9-7-10-12(11)16-17-13(14)15/h11H,2-10H2,1H3,(H4,14,15,17)/b16-12-. The molecule has 0 aromatic rings. The van der Waals surface area contributed by atoms with Crippen molar-refractivity contribution in [2.24, 2.45) is 27.6 Å². The lowest BCUT2D eigenvalue weighted by Crippen LogP contribution is -2.22. The van der Waals surface area contributed by atoms with Gasteiger partial charge >= 0.3 is 0 Å². The van der Waals surface area contributed by atoms with Crippen molar-refractivity contribution >= 4 is 11.7 Å². The molecule has 0 saturated heterocycles. The lowest BCUT2D eigenvalue weighted by Gasteiger charge is -2.09. The number of nitrogens with two attached hydrogens (primary N) is 2. The van der Waals surface area contributed by atoms with Gasteiger partial charge in [0.15, 0.2) is 0 Å². The molecule has 1 aliphatic carbocycles. The highest BCUT2D eigenvalue weighted by Crippen LogP contribution is 2.27. The molecule has 0 heterocycles. The van der Waals surface area contributed by atoms with Crippen LogP contribution in [0.2, 0.25) is 0 Å². The molecule has 98 valence electrons. The largest absolute Gasteiger partial charge is 0.369 e. The lowest BCUT2D eigenvalue weighted by atomic mass is 9.98. The molecule has 1 atom stereocenters. The highest BCUT2D eigenvalue weighted by atomic mass is 15.3. The fourth-order valence-corrected chi connectivity index (χ4v) is 2.46. The van der Waals surface area contributed by atoms with Crippen LogP contribution in [0, 0.1) is 5.92 Å². The summed E-state index contributed by atoms with van der Waals surface area (Å²) >= 11 is 0. The molecule has 0 spiro atoms. The first-order chi connectivity index (χ1) is 8.24. The predicted octanol–water partition coefficient (Wildman–Crippen LogP) is 2.78. The van der Waals surface area contributed by atoms with Crippen molar-refractivity contribution < 1.29 is 0 Å². The van der Waals surface area contributed by atoms with Crippen LogP contribution in [0.1, 0.15) is 64.7 Å². The maximum Gasteiger partial charge on any atom is 0.211 e. The molecular formula is C13H26N4. The molecule has 0 radical (unpaired) electrons. The minimum atomic E-state index is 0.0612. The van der Waals surface area contributed by atoms with Gasteiger partial charge in [0.1, 0.15) is 0 Å². The fourth-order valence-electron chi connectivity index (χ4n) is 2.46. The SMILES string of the molecule is CCCCCCCC1CCC/C1=N/N=C(N)N. The Labute approximate surface area is 105 Å². The Balaban J connectivity index is 2.27. The van der Waals surface area contributed by atoms with Crippen LogP contribution in [0.25, 0.3) is 0 Å². The Kier molecular flexibility index (Phi) is 6.67. The minimum absolute atomic E-state index is 0.0612. The molecule has 17 heavy (non-hydrogen) atoms. The third kappa shape index (κ3) is 5.71. The van der Waals surface area contributed by atoms with Gasteiger partial charge in [-0.05, 0) is 31.6 Å². The van der Waals surface area contributed by atoms with E-state index in [1.54, 1.807) is 0 Å². The smallest absolute Gasteiger partial charge is 0.211 e. The number of rotatable bonds is 7. The van der Waals surface area contributed by atoms with Crippen LogP contribution in [0.3, 0.4) is 0 Å². The van der Waals surface area contributed by atoms with Gasteiger partial charge in [-0.3, -0.25) is 0 Å². The van der Waals surface area contributed by atoms with Gasteiger partial charge in [-0.1, -0.05) is 39.0 Å². The zero-order chi connectivity index (χ0) is 12.5. The second-order valence-corrected chi connectivity index (χ2v) is 4.91. The van der Waals surface area contributed by atoms with Gasteiger partial charge in [0.2, 0.25) is 5.96 Å². The molecule has 0 aliphatic heterocycles. The van der Waals surface area contributed by atoms with Gasteiger partial charge in [-0.15, -0.1) is 5.10 Å². The Hall–Kier alpha value is -1.06. The van der Waals surface area contributed by atoms with Crippen LogP contribution in [0.5, 0.6) is 0 Å². The van der Waals surface area contributed by atoms with Gasteiger partial charge in [0.25, 0.3) is 0 Å². The van der Waals surface area contributed by atoms with Crippen molar-refractivity contribution in [1.29, 1.82) is 0 Å². The van der Waals surface area contributed by atoms with Crippen LogP contribution in [0.4, 0.5) is 0 Å². The molecule has 4 N–H and O–H groups in total. The van der Waals surface area contributed by atoms with Crippen molar-refractivity contribution in [3.63, 3.8) is 0 Å². The van der Waals surface area contributed by atoms with Crippen molar-refractivity contribution in [3.8, 4) is 0 Å². The van der Waals surface area contributed by atoms with Crippen LogP contribution in [-0.2, 0) is 0 Å². The second kappa shape index (κ2) is 8.09. The molecular weight excluding hydrogens is 212 g/mol. The molecule has 1 rings (SSSR count). The lowest BCUT2D eigenvalue weighted by molar-refractivity contribution is 0.536. The molecule has 4 heteroatoms. The summed E-state index contributed by atoms with van der Waals surface area (Å²) in [7, 11) is 0. The van der Waals surface area contributed by atoms with Crippen molar-refractivity contribution in [1.82, 2.24) is 0 Å². The van der Waals surface area contributed by atoms with E-state index in [-0.39, 0.29) is 5.96 Å². The first-order valence-electron chi connectivity index (χ1n) is 6.89. The van der Waals surface area contributed by atoms with Gasteiger partial charge in [0, 0.05) is 5.71 Å². The predicted molar refractivity (Wildman–Crippen MR) is 74.0 cm³/mol. The highest BCUT2D eigenvalue weighted by Gasteiger charge is 2.22. The van der Waals surface area contributed by atoms with E-state index in [0.29, 0.717) is 5.92 Å². The zero-order valence-corrected chi connectivity index (χ0v) is 11.0. The summed E-state index contributed by atoms with van der Waals surface area (Å²) in [6.07, 6.45) is 11.5. The van der Waals surface area contributed by atoms with Crippen LogP contribution < -0.4 is 11.5 Å². The summed E-state index contributed by atoms with van der Waals surface area (Å²) in [4.78, 5) is 0. The van der Waals surface area contributed by atoms with Gasteiger partial charge in [-0.25, -0.2) is 0 Å². The molecule has 1 aliphatic rings. The number of nitrogens with zero attached hydrogens (tertiary/aromatic N) is 2. The average molecular weight is 238 g/mol. The molecule has 1 unspecified atom stereocenters. The minimum Gasteiger partial charge on any atom is -0.369 e. The number of hydrogen-bond acceptors (Lipinski definition) is 2. The molecule has 0 bridgehead atoms. The first kappa shape index (κ1) is 14.0. The maximum absolute atomic E-state index is 5.29. The summed E-state index contributed by atoms with van der Waals surface area (Å²) in [6, 6.07) is 0. The third-order valence-corrected chi connectivity index (χ3v) is 3.41. The quantitative estimate of drug-likeness (QED) is 0.310. The third-order valence-electron chi connectivity index (χ3n) is 3.41. The topological polar surface area (TPSA) is 76.8 Å². The van der Waals surface area contributed by atoms with E-state index in [9.17, 15) is 0 Å². The van der Waals surface area contributed by atoms with E-state index in [2.05, 4.69) is 17.1 Å². The van der Waals surface area contributed by atoms with Crippen LogP contribution in [0.15, 0.2) is 10.2 Å². The van der Waals surface area contributed by atoms with Crippen molar-refractivity contribution in [2.75, 3.05) is 0 Å². The molecule has 4 nitrogen and oxygen atoms in total. The Morgan fingerprint density at radius 3 is 2.71 bits per heavy atom. The highest BCUT2D eigenvalue weighted by molar-refractivity contribution is 5.89. The summed E-state index contributed by atoms with van der Waals surface area (Å²) in [5, 5.41) is 7.95. The zero-order valence-electron chi connectivity index (χ0n) is 11.0. The normalized spacial score (nSPS) is 21.9. The maximum atomic E-state index is 5.29. The Morgan fingerprint density at radius 1 is 1.24 bits per heavy atom. The molecule has 0 aromatic heterocycles. The van der Waals surface area contributed by atoms with Gasteiger partial charge < -0.3 is 11.5 Å². The monoisotopic (exact) mass is 238 g/mol. The molecule has 0 aromatic carbocycles. The number of unbranched alkanes of at least 4 members (excludes halogenated alkanes) is 4. The van der Waals surface area contributed by atoms with E-state index >= 15 is 0 Å². The van der Waals surface area contributed by atoms with Crippen LogP contribution >= 0.6 is 0 Å². The molecule has 1 fully saturated rings. The summed E-state index contributed by atoms with van der Waals surface area (Å²) < 4.78 is 0. The second-order valence-electron chi connectivity index (χ2n) is 4.91. The molecule has 0 amide bonds. The Morgan fingerprint density at radius 2 is 2.00 bits per heavy atom. The fraction of sp³-hybridized carbons (Fsp3) is 0.846.